The van der Waals surface area contributed by atoms with Crippen LogP contribution in [0.5, 0.6) is 0 Å². The maximum atomic E-state index is 12.6. The summed E-state index contributed by atoms with van der Waals surface area (Å²) in [6, 6.07) is 0. The molecular weight excluding hydrogens is 308 g/mol. The molecule has 1 fully saturated rings. The van der Waals surface area contributed by atoms with Gasteiger partial charge in [-0.1, -0.05) is 19.8 Å². The summed E-state index contributed by atoms with van der Waals surface area (Å²) in [6.45, 7) is 3.24. The van der Waals surface area contributed by atoms with Crippen LogP contribution in [0, 0.1) is 5.92 Å². The van der Waals surface area contributed by atoms with Gasteiger partial charge in [0.25, 0.3) is 10.0 Å². The van der Waals surface area contributed by atoms with Crippen LogP contribution < -0.4 is 10.0 Å². The molecule has 1 aliphatic rings. The Bertz CT molecular complexity index is 716. The molecule has 0 unspecified atom stereocenters. The van der Waals surface area contributed by atoms with Gasteiger partial charge in [-0.25, -0.2) is 18.1 Å². The first-order valence-corrected chi connectivity index (χ1v) is 9.67. The average Bonchev–Trinajstić information content (AvgIpc) is 3.02. The molecule has 116 valence electrons. The Kier molecular flexibility index (Phi) is 4.19. The zero-order valence-corrected chi connectivity index (χ0v) is 13.6. The number of sulfonamides is 1. The van der Waals surface area contributed by atoms with Crippen LogP contribution in [0.25, 0.3) is 4.96 Å². The molecule has 0 radical (unpaired) electrons. The largest absolute Gasteiger partial charge is 0.368 e. The number of nitrogens with one attached hydrogen (secondary N) is 2. The van der Waals surface area contributed by atoms with E-state index in [2.05, 4.69) is 15.0 Å². The van der Waals surface area contributed by atoms with E-state index < -0.39 is 10.0 Å². The minimum absolute atomic E-state index is 0.225. The van der Waals surface area contributed by atoms with Gasteiger partial charge in [0.1, 0.15) is 0 Å². The number of hydrogen-bond acceptors (Lipinski definition) is 5. The molecule has 2 aromatic rings. The van der Waals surface area contributed by atoms with E-state index in [1.165, 1.54) is 24.2 Å². The molecule has 0 spiro atoms. The molecule has 0 amide bonds. The van der Waals surface area contributed by atoms with Crippen LogP contribution in [0.3, 0.4) is 0 Å². The molecule has 1 saturated carbocycles. The van der Waals surface area contributed by atoms with Crippen molar-refractivity contribution in [1.82, 2.24) is 14.1 Å². The van der Waals surface area contributed by atoms with Gasteiger partial charge in [-0.15, -0.1) is 11.3 Å². The SMILES string of the molecule is CCCNc1nc2sccn2c1S(=O)(=O)NCCC1CC1. The van der Waals surface area contributed by atoms with Gasteiger partial charge >= 0.3 is 0 Å². The quantitative estimate of drug-likeness (QED) is 0.779. The smallest absolute Gasteiger partial charge is 0.260 e. The number of anilines is 1. The summed E-state index contributed by atoms with van der Waals surface area (Å²) >= 11 is 1.43. The molecule has 2 N–H and O–H groups in total. The molecule has 0 aromatic carbocycles. The van der Waals surface area contributed by atoms with E-state index >= 15 is 0 Å². The fourth-order valence-electron chi connectivity index (χ4n) is 2.25. The third kappa shape index (κ3) is 3.22. The Morgan fingerprint density at radius 3 is 2.95 bits per heavy atom. The summed E-state index contributed by atoms with van der Waals surface area (Å²) in [6.07, 6.45) is 6.04. The molecule has 0 bridgehead atoms. The van der Waals surface area contributed by atoms with Gasteiger partial charge in [-0.3, -0.25) is 4.40 Å². The van der Waals surface area contributed by atoms with Crippen LogP contribution in [-0.2, 0) is 10.0 Å². The first-order valence-electron chi connectivity index (χ1n) is 7.31. The highest BCUT2D eigenvalue weighted by Gasteiger charge is 2.27. The topological polar surface area (TPSA) is 75.5 Å². The summed E-state index contributed by atoms with van der Waals surface area (Å²) in [5.41, 5.74) is 0. The lowest BCUT2D eigenvalue weighted by Gasteiger charge is -2.08. The summed E-state index contributed by atoms with van der Waals surface area (Å²) < 4.78 is 29.5. The van der Waals surface area contributed by atoms with E-state index in [1.54, 1.807) is 10.6 Å². The zero-order chi connectivity index (χ0) is 14.9. The van der Waals surface area contributed by atoms with Crippen molar-refractivity contribution in [3.8, 4) is 0 Å². The van der Waals surface area contributed by atoms with Crippen molar-refractivity contribution in [3.05, 3.63) is 11.6 Å². The van der Waals surface area contributed by atoms with Crippen molar-refractivity contribution in [2.45, 2.75) is 37.6 Å². The first-order chi connectivity index (χ1) is 10.1. The van der Waals surface area contributed by atoms with E-state index in [9.17, 15) is 8.42 Å². The number of rotatable bonds is 8. The number of thiazole rings is 1. The monoisotopic (exact) mass is 328 g/mol. The van der Waals surface area contributed by atoms with Gasteiger partial charge in [0.2, 0.25) is 0 Å². The van der Waals surface area contributed by atoms with Gasteiger partial charge < -0.3 is 5.32 Å². The lowest BCUT2D eigenvalue weighted by molar-refractivity contribution is 0.571. The summed E-state index contributed by atoms with van der Waals surface area (Å²) in [7, 11) is -3.55. The second-order valence-corrected chi connectivity index (χ2v) is 7.93. The van der Waals surface area contributed by atoms with Crippen LogP contribution in [0.4, 0.5) is 5.82 Å². The van der Waals surface area contributed by atoms with E-state index in [0.717, 1.165) is 12.8 Å². The summed E-state index contributed by atoms with van der Waals surface area (Å²) in [4.78, 5) is 5.07. The third-order valence-electron chi connectivity index (χ3n) is 3.56. The second kappa shape index (κ2) is 5.94. The molecule has 6 nitrogen and oxygen atoms in total. The number of nitrogens with zero attached hydrogens (tertiary/aromatic N) is 2. The fourth-order valence-corrected chi connectivity index (χ4v) is 4.33. The van der Waals surface area contributed by atoms with Gasteiger partial charge in [-0.2, -0.15) is 0 Å². The number of hydrogen-bond donors (Lipinski definition) is 2. The molecule has 3 rings (SSSR count). The Balaban J connectivity index is 1.86. The number of fused-ring (bicyclic) bond motifs is 1. The molecule has 0 atom stereocenters. The van der Waals surface area contributed by atoms with Crippen LogP contribution in [0.1, 0.15) is 32.6 Å². The summed E-state index contributed by atoms with van der Waals surface area (Å²) in [5.74, 6) is 1.15. The van der Waals surface area contributed by atoms with Crippen molar-refractivity contribution in [1.29, 1.82) is 0 Å². The standard InChI is InChI=1S/C13H20N4O2S2/c1-2-6-14-11-12(17-8-9-20-13(17)16-11)21(18,19)15-7-5-10-3-4-10/h8-10,14-15H,2-7H2,1H3. The second-order valence-electron chi connectivity index (χ2n) is 5.38. The minimum Gasteiger partial charge on any atom is -0.368 e. The highest BCUT2D eigenvalue weighted by Crippen LogP contribution is 2.32. The minimum atomic E-state index is -3.55. The third-order valence-corrected chi connectivity index (χ3v) is 5.80. The molecule has 2 aromatic heterocycles. The molecule has 0 aliphatic heterocycles. The van der Waals surface area contributed by atoms with Gasteiger partial charge in [0.05, 0.1) is 0 Å². The lowest BCUT2D eigenvalue weighted by atomic mass is 10.3. The highest BCUT2D eigenvalue weighted by atomic mass is 32.2. The van der Waals surface area contributed by atoms with Crippen LogP contribution in [0.2, 0.25) is 0 Å². The number of imidazole rings is 1. The predicted molar refractivity (Wildman–Crippen MR) is 84.4 cm³/mol. The Morgan fingerprint density at radius 1 is 1.43 bits per heavy atom. The molecular formula is C13H20N4O2S2. The Hall–Kier alpha value is -1.12. The van der Waals surface area contributed by atoms with E-state index in [1.807, 2.05) is 12.3 Å². The van der Waals surface area contributed by atoms with Crippen molar-refractivity contribution in [2.24, 2.45) is 5.92 Å². The van der Waals surface area contributed by atoms with Gasteiger partial charge in [0, 0.05) is 24.7 Å². The Labute approximate surface area is 128 Å². The molecule has 0 saturated heterocycles. The number of aromatic nitrogens is 2. The molecule has 1 aliphatic carbocycles. The maximum Gasteiger partial charge on any atom is 0.260 e. The van der Waals surface area contributed by atoms with Crippen molar-refractivity contribution in [2.75, 3.05) is 18.4 Å². The maximum absolute atomic E-state index is 12.6. The Morgan fingerprint density at radius 2 is 2.24 bits per heavy atom. The van der Waals surface area contributed by atoms with E-state index in [0.29, 0.717) is 29.8 Å². The molecule has 21 heavy (non-hydrogen) atoms. The molecule has 8 heteroatoms. The zero-order valence-electron chi connectivity index (χ0n) is 12.0. The average molecular weight is 328 g/mol. The van der Waals surface area contributed by atoms with E-state index in [-0.39, 0.29) is 5.03 Å². The van der Waals surface area contributed by atoms with Crippen LogP contribution in [-0.4, -0.2) is 30.9 Å². The van der Waals surface area contributed by atoms with Crippen molar-refractivity contribution < 1.29 is 8.42 Å². The fraction of sp³-hybridized carbons (Fsp3) is 0.615. The van der Waals surface area contributed by atoms with Gasteiger partial charge in [-0.05, 0) is 18.8 Å². The highest BCUT2D eigenvalue weighted by molar-refractivity contribution is 7.89. The van der Waals surface area contributed by atoms with Crippen molar-refractivity contribution in [3.63, 3.8) is 0 Å². The van der Waals surface area contributed by atoms with Crippen molar-refractivity contribution >= 4 is 32.1 Å². The first kappa shape index (κ1) is 14.8. The van der Waals surface area contributed by atoms with Crippen LogP contribution >= 0.6 is 11.3 Å². The van der Waals surface area contributed by atoms with E-state index in [4.69, 9.17) is 0 Å². The summed E-state index contributed by atoms with van der Waals surface area (Å²) in [5, 5.41) is 5.18. The van der Waals surface area contributed by atoms with Gasteiger partial charge in [0.15, 0.2) is 15.8 Å². The normalized spacial score (nSPS) is 15.7. The lowest BCUT2D eigenvalue weighted by Crippen LogP contribution is -2.27. The van der Waals surface area contributed by atoms with Crippen LogP contribution in [0.15, 0.2) is 16.6 Å². The molecule has 2 heterocycles. The predicted octanol–water partition coefficient (Wildman–Crippen LogP) is 2.30.